The topological polar surface area (TPSA) is 69.6 Å². The van der Waals surface area contributed by atoms with E-state index in [-0.39, 0.29) is 11.3 Å². The third-order valence-electron chi connectivity index (χ3n) is 5.71. The molecule has 1 aliphatic carbocycles. The van der Waals surface area contributed by atoms with E-state index < -0.39 is 12.1 Å². The molecule has 1 atom stereocenters. The zero-order valence-electron chi connectivity index (χ0n) is 15.3. The zero-order valence-corrected chi connectivity index (χ0v) is 16.8. The number of nitrogens with zero attached hydrogens (tertiary/aromatic N) is 1. The minimum atomic E-state index is -1.04. The molecule has 0 saturated carbocycles. The van der Waals surface area contributed by atoms with Crippen LogP contribution in [-0.2, 0) is 10.2 Å². The van der Waals surface area contributed by atoms with Crippen LogP contribution in [0.2, 0.25) is 0 Å². The van der Waals surface area contributed by atoms with Gasteiger partial charge < -0.3 is 10.4 Å². The third-order valence-corrected chi connectivity index (χ3v) is 6.20. The van der Waals surface area contributed by atoms with Crippen molar-refractivity contribution in [2.75, 3.05) is 11.9 Å². The molecule has 6 heteroatoms. The number of anilines is 1. The molecule has 2 aliphatic rings. The van der Waals surface area contributed by atoms with E-state index in [0.29, 0.717) is 25.1 Å². The Bertz CT molecular complexity index is 954. The quantitative estimate of drug-likeness (QED) is 0.718. The van der Waals surface area contributed by atoms with E-state index in [4.69, 9.17) is 0 Å². The average Bonchev–Trinajstić information content (AvgIpc) is 3.18. The fourth-order valence-corrected chi connectivity index (χ4v) is 4.64. The van der Waals surface area contributed by atoms with E-state index in [0.717, 1.165) is 10.0 Å². The van der Waals surface area contributed by atoms with Crippen molar-refractivity contribution in [2.45, 2.75) is 38.1 Å². The Hall–Kier alpha value is -2.34. The molecule has 0 spiro atoms. The van der Waals surface area contributed by atoms with Gasteiger partial charge in [0.05, 0.1) is 0 Å². The van der Waals surface area contributed by atoms with Crippen LogP contribution in [0, 0.1) is 0 Å². The Balaban J connectivity index is 1.63. The van der Waals surface area contributed by atoms with Gasteiger partial charge in [-0.25, -0.2) is 4.79 Å². The maximum Gasteiger partial charge on any atom is 0.407 e. The Labute approximate surface area is 166 Å². The van der Waals surface area contributed by atoms with Crippen molar-refractivity contribution in [2.24, 2.45) is 0 Å². The second-order valence-corrected chi connectivity index (χ2v) is 8.61. The second kappa shape index (κ2) is 6.37. The lowest BCUT2D eigenvalue weighted by Crippen LogP contribution is -2.42. The summed E-state index contributed by atoms with van der Waals surface area (Å²) >= 11 is 3.55. The number of carbonyl (C=O) groups is 2. The maximum atomic E-state index is 12.6. The molecule has 4 rings (SSSR count). The summed E-state index contributed by atoms with van der Waals surface area (Å²) < 4.78 is 1.05. The molecule has 1 fully saturated rings. The first-order valence-corrected chi connectivity index (χ1v) is 9.83. The lowest BCUT2D eigenvalue weighted by Gasteiger charge is -2.23. The number of hydrogen-bond acceptors (Lipinski definition) is 2. The molecule has 140 valence electrons. The standard InChI is InChI=1S/C21H21BrN2O3/c1-21(2)16-10-12(22)5-7-14(16)15-8-6-13(11-17(15)21)23-19(25)18-4-3-9-24(18)20(26)27/h5-8,10-11,18H,3-4,9H2,1-2H3,(H,23,25)(H,26,27). The van der Waals surface area contributed by atoms with E-state index in [1.165, 1.54) is 21.6 Å². The fraction of sp³-hybridized carbons (Fsp3) is 0.333. The number of carbonyl (C=O) groups excluding carboxylic acids is 1. The Kier molecular flexibility index (Phi) is 4.26. The maximum absolute atomic E-state index is 12.6. The predicted octanol–water partition coefficient (Wildman–Crippen LogP) is 4.84. The number of fused-ring (bicyclic) bond motifs is 3. The van der Waals surface area contributed by atoms with Gasteiger partial charge in [0.15, 0.2) is 0 Å². The van der Waals surface area contributed by atoms with Crippen LogP contribution in [0.3, 0.4) is 0 Å². The van der Waals surface area contributed by atoms with E-state index >= 15 is 0 Å². The minimum Gasteiger partial charge on any atom is -0.465 e. The monoisotopic (exact) mass is 428 g/mol. The van der Waals surface area contributed by atoms with Gasteiger partial charge >= 0.3 is 6.09 Å². The first-order valence-electron chi connectivity index (χ1n) is 9.04. The summed E-state index contributed by atoms with van der Waals surface area (Å²) in [5, 5.41) is 12.2. The Morgan fingerprint density at radius 3 is 2.52 bits per heavy atom. The van der Waals surface area contributed by atoms with Crippen molar-refractivity contribution >= 4 is 33.6 Å². The second-order valence-electron chi connectivity index (χ2n) is 7.70. The molecular weight excluding hydrogens is 408 g/mol. The highest BCUT2D eigenvalue weighted by Gasteiger charge is 2.37. The lowest BCUT2D eigenvalue weighted by atomic mass is 9.82. The van der Waals surface area contributed by atoms with Crippen molar-refractivity contribution in [1.29, 1.82) is 0 Å². The Morgan fingerprint density at radius 2 is 1.81 bits per heavy atom. The first-order chi connectivity index (χ1) is 12.8. The van der Waals surface area contributed by atoms with Crippen molar-refractivity contribution in [1.82, 2.24) is 4.90 Å². The number of amides is 2. The van der Waals surface area contributed by atoms with Crippen molar-refractivity contribution < 1.29 is 14.7 Å². The van der Waals surface area contributed by atoms with E-state index in [1.54, 1.807) is 0 Å². The number of benzene rings is 2. The number of rotatable bonds is 2. The normalized spacial score (nSPS) is 19.5. The van der Waals surface area contributed by atoms with Crippen LogP contribution in [0.25, 0.3) is 11.1 Å². The molecule has 1 heterocycles. The van der Waals surface area contributed by atoms with Crippen LogP contribution in [-0.4, -0.2) is 34.6 Å². The summed E-state index contributed by atoms with van der Waals surface area (Å²) in [6.45, 7) is 4.77. The number of likely N-dealkylation sites (tertiary alicyclic amines) is 1. The van der Waals surface area contributed by atoms with Crippen LogP contribution in [0.1, 0.15) is 37.8 Å². The van der Waals surface area contributed by atoms with Crippen LogP contribution in [0.15, 0.2) is 40.9 Å². The summed E-state index contributed by atoms with van der Waals surface area (Å²) in [6, 6.07) is 11.6. The van der Waals surface area contributed by atoms with E-state index in [1.807, 2.05) is 24.3 Å². The molecule has 0 bridgehead atoms. The minimum absolute atomic E-state index is 0.171. The van der Waals surface area contributed by atoms with Gasteiger partial charge in [-0.1, -0.05) is 41.9 Å². The highest BCUT2D eigenvalue weighted by Crippen LogP contribution is 2.50. The van der Waals surface area contributed by atoms with E-state index in [9.17, 15) is 14.7 Å². The molecule has 0 aromatic heterocycles. The Morgan fingerprint density at radius 1 is 1.15 bits per heavy atom. The molecule has 1 unspecified atom stereocenters. The van der Waals surface area contributed by atoms with E-state index in [2.05, 4.69) is 47.2 Å². The third kappa shape index (κ3) is 2.92. The van der Waals surface area contributed by atoms with Gasteiger partial charge in [-0.3, -0.25) is 9.69 Å². The van der Waals surface area contributed by atoms with Crippen LogP contribution >= 0.6 is 15.9 Å². The number of nitrogens with one attached hydrogen (secondary N) is 1. The highest BCUT2D eigenvalue weighted by atomic mass is 79.9. The van der Waals surface area contributed by atoms with Gasteiger partial charge in [-0.15, -0.1) is 0 Å². The highest BCUT2D eigenvalue weighted by molar-refractivity contribution is 9.10. The molecule has 5 nitrogen and oxygen atoms in total. The van der Waals surface area contributed by atoms with Crippen molar-refractivity contribution in [3.63, 3.8) is 0 Å². The summed E-state index contributed by atoms with van der Waals surface area (Å²) in [6.07, 6.45) is 0.239. The van der Waals surface area contributed by atoms with Gasteiger partial charge in [-0.2, -0.15) is 0 Å². The number of halogens is 1. The van der Waals surface area contributed by atoms with Crippen LogP contribution < -0.4 is 5.32 Å². The molecular formula is C21H21BrN2O3. The number of carboxylic acid groups (broad SMARTS) is 1. The van der Waals surface area contributed by atoms with Gasteiger partial charge in [-0.05, 0) is 59.4 Å². The van der Waals surface area contributed by atoms with Crippen molar-refractivity contribution in [3.8, 4) is 11.1 Å². The molecule has 1 saturated heterocycles. The smallest absolute Gasteiger partial charge is 0.407 e. The molecule has 2 N–H and O–H groups in total. The average molecular weight is 429 g/mol. The van der Waals surface area contributed by atoms with Gasteiger partial charge in [0, 0.05) is 22.1 Å². The largest absolute Gasteiger partial charge is 0.465 e. The summed E-state index contributed by atoms with van der Waals surface area (Å²) in [7, 11) is 0. The molecule has 2 amide bonds. The predicted molar refractivity (Wildman–Crippen MR) is 108 cm³/mol. The van der Waals surface area contributed by atoms with Gasteiger partial charge in [0.25, 0.3) is 0 Å². The van der Waals surface area contributed by atoms with Gasteiger partial charge in [0.1, 0.15) is 6.04 Å². The zero-order chi connectivity index (χ0) is 19.3. The van der Waals surface area contributed by atoms with Crippen molar-refractivity contribution in [3.05, 3.63) is 52.0 Å². The molecule has 2 aromatic carbocycles. The van der Waals surface area contributed by atoms with Crippen LogP contribution in [0.5, 0.6) is 0 Å². The SMILES string of the molecule is CC1(C)c2cc(Br)ccc2-c2ccc(NC(=O)C3CCCN3C(=O)O)cc21. The molecule has 0 radical (unpaired) electrons. The summed E-state index contributed by atoms with van der Waals surface area (Å²) in [5.41, 5.74) is 5.34. The molecule has 27 heavy (non-hydrogen) atoms. The summed E-state index contributed by atoms with van der Waals surface area (Å²) in [5.74, 6) is -0.258. The molecule has 1 aliphatic heterocycles. The molecule has 2 aromatic rings. The lowest BCUT2D eigenvalue weighted by molar-refractivity contribution is -0.119. The van der Waals surface area contributed by atoms with Gasteiger partial charge in [0.2, 0.25) is 5.91 Å². The van der Waals surface area contributed by atoms with Crippen LogP contribution in [0.4, 0.5) is 10.5 Å². The summed E-state index contributed by atoms with van der Waals surface area (Å²) in [4.78, 5) is 25.2. The first kappa shape index (κ1) is 18.0. The fourth-order valence-electron chi connectivity index (χ4n) is 4.28. The number of hydrogen-bond donors (Lipinski definition) is 2.